The normalized spacial score (nSPS) is 11.3. The first kappa shape index (κ1) is 21.6. The van der Waals surface area contributed by atoms with Crippen LogP contribution in [0, 0.1) is 15.9 Å². The number of benzene rings is 2. The number of nitrogens with one attached hydrogen (secondary N) is 1. The summed E-state index contributed by atoms with van der Waals surface area (Å²) in [7, 11) is 2.95. The molecule has 10 heteroatoms. The fourth-order valence-electron chi connectivity index (χ4n) is 2.42. The minimum Gasteiger partial charge on any atom is -0.493 e. The van der Waals surface area contributed by atoms with Gasteiger partial charge in [-0.1, -0.05) is 6.07 Å². The van der Waals surface area contributed by atoms with Crippen molar-refractivity contribution in [2.75, 3.05) is 19.5 Å². The first-order valence-corrected chi connectivity index (χ1v) is 8.40. The van der Waals surface area contributed by atoms with Crippen LogP contribution in [-0.4, -0.2) is 37.1 Å². The molecule has 0 heterocycles. The highest BCUT2D eigenvalue weighted by molar-refractivity contribution is 5.95. The Morgan fingerprint density at radius 1 is 1.14 bits per heavy atom. The molecule has 9 nitrogen and oxygen atoms in total. The zero-order valence-corrected chi connectivity index (χ0v) is 15.9. The lowest BCUT2D eigenvalue weighted by molar-refractivity contribution is -0.387. The van der Waals surface area contributed by atoms with Crippen LogP contribution in [0.1, 0.15) is 12.5 Å². The molecule has 0 aliphatic heterocycles. The predicted molar refractivity (Wildman–Crippen MR) is 100 cm³/mol. The van der Waals surface area contributed by atoms with Crippen LogP contribution in [0.4, 0.5) is 15.8 Å². The van der Waals surface area contributed by atoms with Gasteiger partial charge in [0.05, 0.1) is 25.6 Å². The number of amides is 1. The Kier molecular flexibility index (Phi) is 7.07. The maximum Gasteiger partial charge on any atom is 0.311 e. The number of esters is 1. The quantitative estimate of drug-likeness (QED) is 0.407. The van der Waals surface area contributed by atoms with Crippen LogP contribution in [0.3, 0.4) is 0 Å². The average molecular weight is 406 g/mol. The maximum atomic E-state index is 13.4. The molecule has 1 N–H and O–H groups in total. The summed E-state index contributed by atoms with van der Waals surface area (Å²) in [6.07, 6.45) is -1.29. The van der Waals surface area contributed by atoms with E-state index in [1.807, 2.05) is 0 Å². The van der Waals surface area contributed by atoms with E-state index in [1.165, 1.54) is 27.2 Å². The van der Waals surface area contributed by atoms with E-state index in [0.717, 1.165) is 12.1 Å². The summed E-state index contributed by atoms with van der Waals surface area (Å²) in [6.45, 7) is 1.35. The smallest absolute Gasteiger partial charge is 0.311 e. The van der Waals surface area contributed by atoms with Crippen LogP contribution in [0.2, 0.25) is 0 Å². The Labute approximate surface area is 165 Å². The van der Waals surface area contributed by atoms with Gasteiger partial charge in [0.2, 0.25) is 5.82 Å². The number of hydrogen-bond donors (Lipinski definition) is 1. The summed E-state index contributed by atoms with van der Waals surface area (Å²) in [6, 6.07) is 7.82. The Morgan fingerprint density at radius 2 is 1.83 bits per heavy atom. The number of carbonyl (C=O) groups excluding carboxylic acids is 2. The van der Waals surface area contributed by atoms with E-state index in [-0.39, 0.29) is 12.1 Å². The van der Waals surface area contributed by atoms with Crippen LogP contribution < -0.4 is 14.8 Å². The number of nitrogens with zero attached hydrogens (tertiary/aromatic N) is 1. The number of ether oxygens (including phenoxy) is 3. The highest BCUT2D eigenvalue weighted by Crippen LogP contribution is 2.28. The van der Waals surface area contributed by atoms with Gasteiger partial charge in [-0.15, -0.1) is 0 Å². The largest absolute Gasteiger partial charge is 0.493 e. The molecule has 0 spiro atoms. The van der Waals surface area contributed by atoms with Crippen molar-refractivity contribution in [1.82, 2.24) is 0 Å². The molecule has 1 atom stereocenters. The molecule has 0 bridgehead atoms. The number of hydrogen-bond acceptors (Lipinski definition) is 7. The van der Waals surface area contributed by atoms with Crippen molar-refractivity contribution >= 4 is 23.3 Å². The van der Waals surface area contributed by atoms with Crippen molar-refractivity contribution in [3.05, 3.63) is 57.9 Å². The fraction of sp³-hybridized carbons (Fsp3) is 0.263. The second-order valence-corrected chi connectivity index (χ2v) is 5.91. The van der Waals surface area contributed by atoms with Crippen LogP contribution in [0.5, 0.6) is 11.5 Å². The third-order valence-electron chi connectivity index (χ3n) is 3.88. The second kappa shape index (κ2) is 9.49. The number of halogens is 1. The summed E-state index contributed by atoms with van der Waals surface area (Å²) in [5.41, 5.74) is -0.179. The van der Waals surface area contributed by atoms with Crippen molar-refractivity contribution in [1.29, 1.82) is 0 Å². The van der Waals surface area contributed by atoms with Gasteiger partial charge in [-0.2, -0.15) is 4.39 Å². The molecule has 154 valence electrons. The molecule has 0 saturated carbocycles. The van der Waals surface area contributed by atoms with E-state index in [2.05, 4.69) is 5.32 Å². The van der Waals surface area contributed by atoms with Crippen molar-refractivity contribution in [3.8, 4) is 11.5 Å². The number of rotatable bonds is 8. The molecule has 29 heavy (non-hydrogen) atoms. The van der Waals surface area contributed by atoms with Crippen molar-refractivity contribution in [3.63, 3.8) is 0 Å². The number of methoxy groups -OCH3 is 2. The molecule has 0 aliphatic carbocycles. The lowest BCUT2D eigenvalue weighted by Gasteiger charge is -2.14. The molecule has 0 fully saturated rings. The number of nitro groups is 1. The van der Waals surface area contributed by atoms with E-state index >= 15 is 0 Å². The van der Waals surface area contributed by atoms with Crippen molar-refractivity contribution in [2.45, 2.75) is 19.4 Å². The topological polar surface area (TPSA) is 117 Å². The van der Waals surface area contributed by atoms with E-state index in [1.54, 1.807) is 18.2 Å². The molecule has 0 aliphatic rings. The summed E-state index contributed by atoms with van der Waals surface area (Å²) >= 11 is 0. The molecule has 2 aromatic carbocycles. The third kappa shape index (κ3) is 5.64. The fourth-order valence-corrected chi connectivity index (χ4v) is 2.42. The standard InChI is InChI=1S/C19H19FN2O7/c1-11(19(24)21-13-5-6-14(20)15(10-13)22(25)26)29-18(23)9-12-4-7-16(27-2)17(8-12)28-3/h4-8,10-11H,9H2,1-3H3,(H,21,24)/t11-/m0/s1. The van der Waals surface area contributed by atoms with Gasteiger partial charge in [0.15, 0.2) is 17.6 Å². The zero-order chi connectivity index (χ0) is 21.6. The van der Waals surface area contributed by atoms with E-state index in [4.69, 9.17) is 14.2 Å². The van der Waals surface area contributed by atoms with Crippen LogP contribution in [0.25, 0.3) is 0 Å². The Bertz CT molecular complexity index is 933. The van der Waals surface area contributed by atoms with Gasteiger partial charge >= 0.3 is 11.7 Å². The highest BCUT2D eigenvalue weighted by Gasteiger charge is 2.21. The minimum atomic E-state index is -1.17. The zero-order valence-electron chi connectivity index (χ0n) is 15.9. The molecule has 0 unspecified atom stereocenters. The van der Waals surface area contributed by atoms with Gasteiger partial charge in [0, 0.05) is 11.8 Å². The lowest BCUT2D eigenvalue weighted by Crippen LogP contribution is -2.30. The number of nitro benzene ring substituents is 1. The molecule has 0 radical (unpaired) electrons. The molecular formula is C19H19FN2O7. The third-order valence-corrected chi connectivity index (χ3v) is 3.88. The Balaban J connectivity index is 1.98. The molecule has 1 amide bonds. The molecule has 2 aromatic rings. The van der Waals surface area contributed by atoms with Crippen molar-refractivity contribution in [2.24, 2.45) is 0 Å². The van der Waals surface area contributed by atoms with Gasteiger partial charge in [0.25, 0.3) is 5.91 Å². The van der Waals surface area contributed by atoms with Gasteiger partial charge in [-0.05, 0) is 36.8 Å². The van der Waals surface area contributed by atoms with E-state index < -0.39 is 34.4 Å². The maximum absolute atomic E-state index is 13.4. The SMILES string of the molecule is COc1ccc(CC(=O)O[C@@H](C)C(=O)Nc2ccc(F)c([N+](=O)[O-])c2)cc1OC. The number of carbonyl (C=O) groups is 2. The van der Waals surface area contributed by atoms with Crippen LogP contribution in [-0.2, 0) is 20.7 Å². The van der Waals surface area contributed by atoms with Crippen LogP contribution in [0.15, 0.2) is 36.4 Å². The Morgan fingerprint density at radius 3 is 2.45 bits per heavy atom. The first-order valence-electron chi connectivity index (χ1n) is 8.40. The summed E-state index contributed by atoms with van der Waals surface area (Å²) in [5.74, 6) is -1.45. The summed E-state index contributed by atoms with van der Waals surface area (Å²) < 4.78 is 28.7. The van der Waals surface area contributed by atoms with Crippen LogP contribution >= 0.6 is 0 Å². The summed E-state index contributed by atoms with van der Waals surface area (Å²) in [4.78, 5) is 34.1. The van der Waals surface area contributed by atoms with Gasteiger partial charge < -0.3 is 19.5 Å². The highest BCUT2D eigenvalue weighted by atomic mass is 19.1. The second-order valence-electron chi connectivity index (χ2n) is 5.91. The Hall–Kier alpha value is -3.69. The van der Waals surface area contributed by atoms with Gasteiger partial charge in [-0.25, -0.2) is 0 Å². The number of anilines is 1. The molecule has 0 saturated heterocycles. The predicted octanol–water partition coefficient (Wildman–Crippen LogP) is 2.86. The van der Waals surface area contributed by atoms with Gasteiger partial charge in [0.1, 0.15) is 0 Å². The van der Waals surface area contributed by atoms with E-state index in [0.29, 0.717) is 17.1 Å². The molecule has 2 rings (SSSR count). The average Bonchev–Trinajstić information content (AvgIpc) is 2.68. The molecule has 0 aromatic heterocycles. The first-order chi connectivity index (χ1) is 13.7. The molecular weight excluding hydrogens is 387 g/mol. The van der Waals surface area contributed by atoms with Crippen molar-refractivity contribution < 1.29 is 33.1 Å². The van der Waals surface area contributed by atoms with E-state index in [9.17, 15) is 24.1 Å². The monoisotopic (exact) mass is 406 g/mol. The summed E-state index contributed by atoms with van der Waals surface area (Å²) in [5, 5.41) is 13.1. The minimum absolute atomic E-state index is 0.00545. The lowest BCUT2D eigenvalue weighted by atomic mass is 10.1. The van der Waals surface area contributed by atoms with Gasteiger partial charge in [-0.3, -0.25) is 19.7 Å².